The summed E-state index contributed by atoms with van der Waals surface area (Å²) < 4.78 is 36.3. The van der Waals surface area contributed by atoms with Crippen molar-refractivity contribution in [2.75, 3.05) is 0 Å². The van der Waals surface area contributed by atoms with Gasteiger partial charge < -0.3 is 0 Å². The Hall–Kier alpha value is -1.67. The fraction of sp³-hybridized carbons (Fsp3) is 0.808. The molecule has 5 rings (SSSR count). The molecule has 4 aliphatic carbocycles. The molecule has 0 spiro atoms. The first kappa shape index (κ1) is 26.4. The van der Waals surface area contributed by atoms with Crippen molar-refractivity contribution in [3.05, 3.63) is 41.0 Å². The highest BCUT2D eigenvalue weighted by atomic mass is 32.3. The van der Waals surface area contributed by atoms with Crippen molar-refractivity contribution in [1.82, 2.24) is 4.98 Å². The SMILES string of the molecule is CC(N=[N+]=[N-])[C@@H]1CCC2C3CC[C@@H]4CC(OS(=O)(=O)O)CC[C@]4(C)C3CC[C@@]21C.c1ccncc1. The van der Waals surface area contributed by atoms with Gasteiger partial charge in [0.2, 0.25) is 0 Å². The first-order valence-electron chi connectivity index (χ1n) is 13.1. The molecule has 0 bridgehead atoms. The maximum Gasteiger partial charge on any atom is 0.397 e. The molecule has 9 atom stereocenters. The minimum absolute atomic E-state index is 0.0616. The fourth-order valence-electron chi connectivity index (χ4n) is 8.79. The van der Waals surface area contributed by atoms with Crippen LogP contribution in [0, 0.1) is 40.4 Å². The van der Waals surface area contributed by atoms with Gasteiger partial charge >= 0.3 is 10.4 Å². The molecule has 1 N–H and O–H groups in total. The number of pyridine rings is 1. The largest absolute Gasteiger partial charge is 0.397 e. The quantitative estimate of drug-likeness (QED) is 0.214. The summed E-state index contributed by atoms with van der Waals surface area (Å²) in [6.07, 6.45) is 12.7. The highest BCUT2D eigenvalue weighted by Crippen LogP contribution is 2.68. The normalized spacial score (nSPS) is 41.1. The average Bonchev–Trinajstić information content (AvgIpc) is 3.17. The molecule has 4 fully saturated rings. The number of aromatic nitrogens is 1. The van der Waals surface area contributed by atoms with Crippen molar-refractivity contribution in [2.24, 2.45) is 45.5 Å². The highest BCUT2D eigenvalue weighted by molar-refractivity contribution is 7.80. The first-order valence-corrected chi connectivity index (χ1v) is 14.5. The topological polar surface area (TPSA) is 125 Å². The predicted molar refractivity (Wildman–Crippen MR) is 134 cm³/mol. The molecule has 194 valence electrons. The van der Waals surface area contributed by atoms with E-state index in [1.165, 1.54) is 25.7 Å². The van der Waals surface area contributed by atoms with Crippen LogP contribution in [0.4, 0.5) is 0 Å². The van der Waals surface area contributed by atoms with Crippen molar-refractivity contribution in [1.29, 1.82) is 0 Å². The predicted octanol–water partition coefficient (Wildman–Crippen LogP) is 6.61. The van der Waals surface area contributed by atoms with Crippen LogP contribution in [0.3, 0.4) is 0 Å². The summed E-state index contributed by atoms with van der Waals surface area (Å²) in [5.41, 5.74) is 9.42. The molecule has 8 nitrogen and oxygen atoms in total. The zero-order chi connectivity index (χ0) is 25.3. The molecule has 5 unspecified atom stereocenters. The van der Waals surface area contributed by atoms with Gasteiger partial charge in [-0.1, -0.05) is 32.0 Å². The molecule has 1 aromatic rings. The van der Waals surface area contributed by atoms with Crippen LogP contribution in [-0.2, 0) is 14.6 Å². The Morgan fingerprint density at radius 1 is 1.03 bits per heavy atom. The Morgan fingerprint density at radius 2 is 1.71 bits per heavy atom. The minimum atomic E-state index is -4.38. The third-order valence-electron chi connectivity index (χ3n) is 10.3. The molecule has 1 aromatic heterocycles. The van der Waals surface area contributed by atoms with Crippen LogP contribution in [0.1, 0.15) is 78.6 Å². The zero-order valence-corrected chi connectivity index (χ0v) is 22.0. The molecule has 0 radical (unpaired) electrons. The summed E-state index contributed by atoms with van der Waals surface area (Å²) in [4.78, 5) is 6.87. The van der Waals surface area contributed by atoms with Gasteiger partial charge in [0.1, 0.15) is 0 Å². The molecule has 0 amide bonds. The standard InChI is InChI=1S/C21H35N3O4S.C5H5N/c1-13(23-24-22)17-6-7-18-16-5-4-14-12-15(28-29(25,26)27)8-10-20(14,2)19(16)9-11-21(17,18)3;1-2-4-6-5-3-1/h13-19H,4-12H2,1-3H3,(H,25,26,27);1-5H/t13?,14-,15?,16?,17+,18?,19?,20+,21-;/m1./s1. The summed E-state index contributed by atoms with van der Waals surface area (Å²) in [6, 6.07) is 5.78. The van der Waals surface area contributed by atoms with Crippen LogP contribution in [-0.4, -0.2) is 30.1 Å². The molecule has 1 heterocycles. The third-order valence-corrected chi connectivity index (χ3v) is 10.8. The van der Waals surface area contributed by atoms with Crippen LogP contribution in [0.15, 0.2) is 35.7 Å². The van der Waals surface area contributed by atoms with Crippen LogP contribution >= 0.6 is 0 Å². The van der Waals surface area contributed by atoms with Crippen molar-refractivity contribution >= 4 is 10.4 Å². The number of hydrogen-bond donors (Lipinski definition) is 1. The Morgan fingerprint density at radius 3 is 2.31 bits per heavy atom. The Kier molecular flexibility index (Phi) is 7.82. The van der Waals surface area contributed by atoms with Gasteiger partial charge in [0.15, 0.2) is 0 Å². The van der Waals surface area contributed by atoms with Gasteiger partial charge in [0.05, 0.1) is 6.10 Å². The van der Waals surface area contributed by atoms with Crippen LogP contribution in [0.2, 0.25) is 0 Å². The van der Waals surface area contributed by atoms with Gasteiger partial charge in [-0.2, -0.15) is 8.42 Å². The molecule has 4 saturated carbocycles. The van der Waals surface area contributed by atoms with Gasteiger partial charge in [-0.25, -0.2) is 4.18 Å². The molecular weight excluding hydrogens is 464 g/mol. The lowest BCUT2D eigenvalue weighted by Crippen LogP contribution is -2.54. The molecule has 0 saturated heterocycles. The monoisotopic (exact) mass is 504 g/mol. The first-order chi connectivity index (χ1) is 16.6. The summed E-state index contributed by atoms with van der Waals surface area (Å²) in [7, 11) is -4.38. The summed E-state index contributed by atoms with van der Waals surface area (Å²) in [6.45, 7) is 6.95. The minimum Gasteiger partial charge on any atom is -0.265 e. The van der Waals surface area contributed by atoms with E-state index in [2.05, 4.69) is 35.8 Å². The lowest BCUT2D eigenvalue weighted by molar-refractivity contribution is -0.125. The second-order valence-corrected chi connectivity index (χ2v) is 12.8. The van der Waals surface area contributed by atoms with Crippen molar-refractivity contribution < 1.29 is 17.2 Å². The van der Waals surface area contributed by atoms with Crippen LogP contribution in [0.5, 0.6) is 0 Å². The van der Waals surface area contributed by atoms with E-state index in [1.54, 1.807) is 12.4 Å². The lowest BCUT2D eigenvalue weighted by Gasteiger charge is -2.61. The van der Waals surface area contributed by atoms with Gasteiger partial charge in [-0.3, -0.25) is 9.54 Å². The molecule has 0 aliphatic heterocycles. The van der Waals surface area contributed by atoms with Crippen molar-refractivity contribution in [2.45, 2.75) is 90.7 Å². The van der Waals surface area contributed by atoms with E-state index < -0.39 is 10.4 Å². The molecule has 0 aromatic carbocycles. The van der Waals surface area contributed by atoms with E-state index >= 15 is 0 Å². The number of nitrogens with zero attached hydrogens (tertiary/aromatic N) is 4. The zero-order valence-electron chi connectivity index (χ0n) is 21.2. The molecule has 9 heteroatoms. The van der Waals surface area contributed by atoms with Gasteiger partial charge in [0, 0.05) is 23.3 Å². The number of fused-ring (bicyclic) bond motifs is 5. The van der Waals surface area contributed by atoms with Gasteiger partial charge in [-0.05, 0) is 116 Å². The van der Waals surface area contributed by atoms with E-state index in [4.69, 9.17) is 14.3 Å². The number of hydrogen-bond acceptors (Lipinski definition) is 5. The lowest BCUT2D eigenvalue weighted by atomic mass is 9.44. The Balaban J connectivity index is 0.000000421. The maximum absolute atomic E-state index is 11.2. The smallest absolute Gasteiger partial charge is 0.265 e. The van der Waals surface area contributed by atoms with E-state index in [9.17, 15) is 8.42 Å². The van der Waals surface area contributed by atoms with Gasteiger partial charge in [0.25, 0.3) is 0 Å². The number of rotatable bonds is 4. The van der Waals surface area contributed by atoms with Crippen LogP contribution < -0.4 is 0 Å². The van der Waals surface area contributed by atoms with Crippen molar-refractivity contribution in [3.63, 3.8) is 0 Å². The summed E-state index contributed by atoms with van der Waals surface area (Å²) in [5.74, 6) is 3.05. The maximum atomic E-state index is 11.2. The molecule has 35 heavy (non-hydrogen) atoms. The Labute approximate surface area is 209 Å². The van der Waals surface area contributed by atoms with Gasteiger partial charge in [-0.15, -0.1) is 0 Å². The van der Waals surface area contributed by atoms with Crippen molar-refractivity contribution in [3.8, 4) is 0 Å². The van der Waals surface area contributed by atoms with E-state index in [-0.39, 0.29) is 23.0 Å². The van der Waals surface area contributed by atoms with Crippen LogP contribution in [0.25, 0.3) is 10.4 Å². The van der Waals surface area contributed by atoms with E-state index in [1.807, 2.05) is 18.2 Å². The second-order valence-electron chi connectivity index (χ2n) is 11.8. The molecular formula is C26H40N4O4S. The second kappa shape index (κ2) is 10.4. The number of azide groups is 1. The Bertz CT molecular complexity index is 991. The third kappa shape index (κ3) is 5.38. The highest BCUT2D eigenvalue weighted by Gasteiger charge is 2.60. The van der Waals surface area contributed by atoms with E-state index in [0.29, 0.717) is 30.1 Å². The average molecular weight is 505 g/mol. The fourth-order valence-corrected chi connectivity index (χ4v) is 9.30. The summed E-state index contributed by atoms with van der Waals surface area (Å²) in [5, 5.41) is 4.06. The summed E-state index contributed by atoms with van der Waals surface area (Å²) >= 11 is 0. The molecule has 4 aliphatic rings. The van der Waals surface area contributed by atoms with E-state index in [0.717, 1.165) is 31.6 Å².